The number of anilines is 2. The fourth-order valence-corrected chi connectivity index (χ4v) is 3.15. The molecule has 110 valence electrons. The fraction of sp³-hybridized carbons (Fsp3) is 0.294. The molecule has 1 heterocycles. The number of fused-ring (bicyclic) bond motifs is 1. The number of nitrogens with zero attached hydrogens (tertiary/aromatic N) is 1. The number of benzene rings is 2. The van der Waals surface area contributed by atoms with Gasteiger partial charge in [-0.1, -0.05) is 36.7 Å². The van der Waals surface area contributed by atoms with Crippen molar-refractivity contribution < 1.29 is 4.39 Å². The van der Waals surface area contributed by atoms with Crippen molar-refractivity contribution in [3.8, 4) is 0 Å². The highest BCUT2D eigenvalue weighted by molar-refractivity contribution is 6.33. The van der Waals surface area contributed by atoms with Crippen molar-refractivity contribution >= 4 is 23.0 Å². The van der Waals surface area contributed by atoms with Gasteiger partial charge in [0.25, 0.3) is 0 Å². The first-order valence-corrected chi connectivity index (χ1v) is 7.62. The first-order valence-electron chi connectivity index (χ1n) is 7.24. The van der Waals surface area contributed by atoms with Gasteiger partial charge < -0.3 is 10.2 Å². The van der Waals surface area contributed by atoms with Gasteiger partial charge in [-0.2, -0.15) is 0 Å². The Morgan fingerprint density at radius 1 is 1.29 bits per heavy atom. The summed E-state index contributed by atoms with van der Waals surface area (Å²) in [4.78, 5) is 2.13. The van der Waals surface area contributed by atoms with Gasteiger partial charge in [-0.3, -0.25) is 0 Å². The SMILES string of the molecule is CCNCc1cccc(Cl)c1N1CCc2ccc(F)cc21. The second-order valence-corrected chi connectivity index (χ2v) is 5.61. The standard InChI is InChI=1S/C17H18ClFN2/c1-2-20-11-13-4-3-5-15(18)17(13)21-9-8-12-6-7-14(19)10-16(12)21/h3-7,10,20H,2,8-9,11H2,1H3. The van der Waals surface area contributed by atoms with Crippen LogP contribution in [-0.4, -0.2) is 13.1 Å². The summed E-state index contributed by atoms with van der Waals surface area (Å²) in [7, 11) is 0. The maximum atomic E-state index is 13.6. The zero-order chi connectivity index (χ0) is 14.8. The lowest BCUT2D eigenvalue weighted by atomic mass is 10.1. The minimum atomic E-state index is -0.207. The van der Waals surface area contributed by atoms with E-state index in [9.17, 15) is 4.39 Å². The van der Waals surface area contributed by atoms with Crippen LogP contribution in [0.1, 0.15) is 18.1 Å². The number of hydrogen-bond acceptors (Lipinski definition) is 2. The van der Waals surface area contributed by atoms with Gasteiger partial charge in [0.15, 0.2) is 0 Å². The van der Waals surface area contributed by atoms with Crippen LogP contribution in [0.25, 0.3) is 0 Å². The molecule has 3 rings (SSSR count). The molecule has 21 heavy (non-hydrogen) atoms. The topological polar surface area (TPSA) is 15.3 Å². The molecule has 0 atom stereocenters. The van der Waals surface area contributed by atoms with Gasteiger partial charge in [0.1, 0.15) is 5.82 Å². The van der Waals surface area contributed by atoms with E-state index >= 15 is 0 Å². The maximum absolute atomic E-state index is 13.6. The molecule has 0 aromatic heterocycles. The molecule has 4 heteroatoms. The first-order chi connectivity index (χ1) is 10.2. The molecule has 2 aromatic carbocycles. The highest BCUT2D eigenvalue weighted by Crippen LogP contribution is 2.40. The predicted octanol–water partition coefficient (Wildman–Crippen LogP) is 4.28. The first kappa shape index (κ1) is 14.4. The number of nitrogens with one attached hydrogen (secondary N) is 1. The van der Waals surface area contributed by atoms with Crippen LogP contribution in [0.5, 0.6) is 0 Å². The third-order valence-electron chi connectivity index (χ3n) is 3.85. The van der Waals surface area contributed by atoms with Crippen LogP contribution in [0.2, 0.25) is 5.02 Å². The maximum Gasteiger partial charge on any atom is 0.125 e. The molecule has 0 fully saturated rings. The highest BCUT2D eigenvalue weighted by atomic mass is 35.5. The van der Waals surface area contributed by atoms with E-state index in [4.69, 9.17) is 11.6 Å². The molecule has 0 saturated carbocycles. The minimum absolute atomic E-state index is 0.207. The Balaban J connectivity index is 2.04. The Bertz CT molecular complexity index is 657. The molecule has 2 aromatic rings. The molecule has 0 spiro atoms. The van der Waals surface area contributed by atoms with Crippen LogP contribution in [-0.2, 0) is 13.0 Å². The fourth-order valence-electron chi connectivity index (χ4n) is 2.85. The zero-order valence-electron chi connectivity index (χ0n) is 12.0. The van der Waals surface area contributed by atoms with Crippen LogP contribution < -0.4 is 10.2 Å². The average Bonchev–Trinajstić information content (AvgIpc) is 2.88. The molecular weight excluding hydrogens is 287 g/mol. The lowest BCUT2D eigenvalue weighted by Crippen LogP contribution is -2.19. The van der Waals surface area contributed by atoms with E-state index < -0.39 is 0 Å². The summed E-state index contributed by atoms with van der Waals surface area (Å²) in [5.41, 5.74) is 4.23. The summed E-state index contributed by atoms with van der Waals surface area (Å²) < 4.78 is 13.6. The molecule has 0 amide bonds. The van der Waals surface area contributed by atoms with Crippen molar-refractivity contribution in [2.75, 3.05) is 18.0 Å². The summed E-state index contributed by atoms with van der Waals surface area (Å²) in [6, 6.07) is 10.9. The third-order valence-corrected chi connectivity index (χ3v) is 4.15. The van der Waals surface area contributed by atoms with Gasteiger partial charge in [0.2, 0.25) is 0 Å². The van der Waals surface area contributed by atoms with Crippen LogP contribution in [0.15, 0.2) is 36.4 Å². The van der Waals surface area contributed by atoms with E-state index in [1.165, 1.54) is 11.6 Å². The van der Waals surface area contributed by atoms with E-state index in [1.807, 2.05) is 18.2 Å². The van der Waals surface area contributed by atoms with Crippen LogP contribution in [0, 0.1) is 5.82 Å². The van der Waals surface area contributed by atoms with Crippen molar-refractivity contribution in [1.29, 1.82) is 0 Å². The molecule has 1 N–H and O–H groups in total. The van der Waals surface area contributed by atoms with E-state index in [0.29, 0.717) is 5.02 Å². The molecule has 0 bridgehead atoms. The second-order valence-electron chi connectivity index (χ2n) is 5.20. The number of hydrogen-bond donors (Lipinski definition) is 1. The average molecular weight is 305 g/mol. The number of para-hydroxylation sites is 1. The Labute approximate surface area is 129 Å². The third kappa shape index (κ3) is 2.76. The van der Waals surface area contributed by atoms with Crippen LogP contribution in [0.4, 0.5) is 15.8 Å². The Hall–Kier alpha value is -1.58. The largest absolute Gasteiger partial charge is 0.339 e. The van der Waals surface area contributed by atoms with Gasteiger partial charge in [-0.25, -0.2) is 4.39 Å². The van der Waals surface area contributed by atoms with E-state index in [1.54, 1.807) is 6.07 Å². The van der Waals surface area contributed by atoms with Crippen molar-refractivity contribution in [3.05, 3.63) is 58.4 Å². The van der Waals surface area contributed by atoms with Crippen molar-refractivity contribution in [3.63, 3.8) is 0 Å². The Morgan fingerprint density at radius 2 is 2.14 bits per heavy atom. The summed E-state index contributed by atoms with van der Waals surface area (Å²) in [5.74, 6) is -0.207. The Kier molecular flexibility index (Phi) is 4.13. The van der Waals surface area contributed by atoms with E-state index in [-0.39, 0.29) is 5.82 Å². The van der Waals surface area contributed by atoms with Gasteiger partial charge >= 0.3 is 0 Å². The lowest BCUT2D eigenvalue weighted by molar-refractivity contribution is 0.628. The highest BCUT2D eigenvalue weighted by Gasteiger charge is 2.24. The smallest absolute Gasteiger partial charge is 0.125 e. The quantitative estimate of drug-likeness (QED) is 0.907. The summed E-state index contributed by atoms with van der Waals surface area (Å²) in [6.07, 6.45) is 0.918. The molecule has 0 saturated heterocycles. The van der Waals surface area contributed by atoms with Gasteiger partial charge in [-0.15, -0.1) is 0 Å². The molecule has 1 aliphatic heterocycles. The number of rotatable bonds is 4. The summed E-state index contributed by atoms with van der Waals surface area (Å²) >= 11 is 6.43. The molecule has 0 aliphatic carbocycles. The summed E-state index contributed by atoms with van der Waals surface area (Å²) in [5, 5.41) is 4.04. The van der Waals surface area contributed by atoms with Crippen molar-refractivity contribution in [2.24, 2.45) is 0 Å². The number of halogens is 2. The molecule has 1 aliphatic rings. The van der Waals surface area contributed by atoms with Crippen LogP contribution >= 0.6 is 11.6 Å². The van der Waals surface area contributed by atoms with E-state index in [2.05, 4.69) is 23.2 Å². The molecule has 2 nitrogen and oxygen atoms in total. The minimum Gasteiger partial charge on any atom is -0.339 e. The monoisotopic (exact) mass is 304 g/mol. The molecule has 0 unspecified atom stereocenters. The normalized spacial score (nSPS) is 13.6. The van der Waals surface area contributed by atoms with Crippen molar-refractivity contribution in [2.45, 2.75) is 19.9 Å². The van der Waals surface area contributed by atoms with E-state index in [0.717, 1.165) is 43.0 Å². The van der Waals surface area contributed by atoms with Crippen molar-refractivity contribution in [1.82, 2.24) is 5.32 Å². The van der Waals surface area contributed by atoms with Gasteiger partial charge in [-0.05, 0) is 42.3 Å². The predicted molar refractivity (Wildman–Crippen MR) is 85.9 cm³/mol. The lowest BCUT2D eigenvalue weighted by Gasteiger charge is -2.24. The Morgan fingerprint density at radius 3 is 2.95 bits per heavy atom. The zero-order valence-corrected chi connectivity index (χ0v) is 12.8. The summed E-state index contributed by atoms with van der Waals surface area (Å²) in [6.45, 7) is 4.57. The van der Waals surface area contributed by atoms with Crippen LogP contribution in [0.3, 0.4) is 0 Å². The second kappa shape index (κ2) is 6.04. The molecule has 0 radical (unpaired) electrons. The van der Waals surface area contributed by atoms with Gasteiger partial charge in [0.05, 0.1) is 10.7 Å². The van der Waals surface area contributed by atoms with Gasteiger partial charge in [0, 0.05) is 18.8 Å². The molecular formula is C17H18ClFN2.